The van der Waals surface area contributed by atoms with Gasteiger partial charge in [0.2, 0.25) is 0 Å². The lowest BCUT2D eigenvalue weighted by atomic mass is 9.90. The zero-order valence-electron chi connectivity index (χ0n) is 23.2. The number of aromatic nitrogens is 1. The lowest BCUT2D eigenvalue weighted by molar-refractivity contribution is 0.115. The summed E-state index contributed by atoms with van der Waals surface area (Å²) >= 11 is 0. The van der Waals surface area contributed by atoms with Gasteiger partial charge in [0, 0.05) is 30.5 Å². The standard InChI is InChI=1S/C31H42N4O3/c1-5-24(18-32)7-6-23(2)20-37-29-11-9-26-28(33-38-30(26)27(29)19-34(3)4)10-8-25-12-16-35(17-13-25)21-31(22-36)14-15-31/h5-7,9,11,25,36H,1,8,10,12-17,19-22H2,2-4H3/b23-6+,24-7+. The van der Waals surface area contributed by atoms with E-state index < -0.39 is 0 Å². The molecule has 0 atom stereocenters. The fraction of sp³-hybridized carbons (Fsp3) is 0.548. The van der Waals surface area contributed by atoms with E-state index in [-0.39, 0.29) is 5.41 Å². The predicted octanol–water partition coefficient (Wildman–Crippen LogP) is 5.27. The predicted molar refractivity (Wildman–Crippen MR) is 151 cm³/mol. The second-order valence-corrected chi connectivity index (χ2v) is 11.4. The number of nitrogens with zero attached hydrogens (tertiary/aromatic N) is 4. The number of piperidine rings is 1. The molecule has 4 rings (SSSR count). The third-order valence-corrected chi connectivity index (χ3v) is 7.95. The highest BCUT2D eigenvalue weighted by Gasteiger charge is 2.43. The second kappa shape index (κ2) is 12.8. The first kappa shape index (κ1) is 28.1. The maximum Gasteiger partial charge on any atom is 0.175 e. The van der Waals surface area contributed by atoms with Crippen LogP contribution in [0, 0.1) is 22.7 Å². The fourth-order valence-corrected chi connectivity index (χ4v) is 5.29. The third-order valence-electron chi connectivity index (χ3n) is 7.95. The maximum atomic E-state index is 9.64. The number of nitriles is 1. The van der Waals surface area contributed by atoms with Crippen LogP contribution in [0.2, 0.25) is 0 Å². The molecule has 2 aromatic rings. The number of aliphatic hydroxyl groups excluding tert-OH is 1. The van der Waals surface area contributed by atoms with Gasteiger partial charge >= 0.3 is 0 Å². The van der Waals surface area contributed by atoms with Gasteiger partial charge in [-0.25, -0.2) is 0 Å². The smallest absolute Gasteiger partial charge is 0.175 e. The minimum Gasteiger partial charge on any atom is -0.489 e. The minimum absolute atomic E-state index is 0.206. The van der Waals surface area contributed by atoms with Gasteiger partial charge in [-0.05, 0) is 102 Å². The molecular weight excluding hydrogens is 476 g/mol. The molecule has 1 aromatic carbocycles. The summed E-state index contributed by atoms with van der Waals surface area (Å²) in [6.45, 7) is 10.4. The molecule has 0 bridgehead atoms. The van der Waals surface area contributed by atoms with E-state index in [9.17, 15) is 5.11 Å². The number of likely N-dealkylation sites (tertiary alicyclic amines) is 1. The number of hydrogen-bond acceptors (Lipinski definition) is 7. The molecule has 1 aromatic heterocycles. The van der Waals surface area contributed by atoms with Crippen LogP contribution in [0.1, 0.15) is 50.3 Å². The quantitative estimate of drug-likeness (QED) is 0.286. The zero-order valence-corrected chi connectivity index (χ0v) is 23.2. The molecule has 1 aliphatic carbocycles. The molecule has 1 N–H and O–H groups in total. The van der Waals surface area contributed by atoms with Crippen LogP contribution in [-0.2, 0) is 13.0 Å². The van der Waals surface area contributed by atoms with E-state index in [1.165, 1.54) is 25.7 Å². The number of rotatable bonds is 13. The number of fused-ring (bicyclic) bond motifs is 1. The van der Waals surface area contributed by atoms with Crippen LogP contribution in [-0.4, -0.2) is 67.0 Å². The Morgan fingerprint density at radius 2 is 2.08 bits per heavy atom. The van der Waals surface area contributed by atoms with Crippen molar-refractivity contribution in [2.45, 2.75) is 52.0 Å². The summed E-state index contributed by atoms with van der Waals surface area (Å²) in [5.74, 6) is 1.50. The SMILES string of the molecule is C=C/C(C#N)=C\C=C(/C)COc1ccc2c(CCC3CCN(CC4(CO)CC4)CC3)noc2c1CN(C)C. The Morgan fingerprint density at radius 1 is 1.32 bits per heavy atom. The number of aryl methyl sites for hydroxylation is 1. The van der Waals surface area contributed by atoms with Gasteiger partial charge in [0.25, 0.3) is 0 Å². The van der Waals surface area contributed by atoms with Crippen LogP contribution < -0.4 is 4.74 Å². The second-order valence-electron chi connectivity index (χ2n) is 11.4. The first-order valence-electron chi connectivity index (χ1n) is 13.8. The van der Waals surface area contributed by atoms with Crippen molar-refractivity contribution in [3.8, 4) is 11.8 Å². The molecule has 0 radical (unpaired) electrons. The molecule has 1 saturated carbocycles. The average Bonchev–Trinajstić information content (AvgIpc) is 3.57. The molecule has 204 valence electrons. The molecule has 1 saturated heterocycles. The summed E-state index contributed by atoms with van der Waals surface area (Å²) in [5, 5.41) is 24.3. The molecule has 2 aliphatic rings. The average molecular weight is 519 g/mol. The molecule has 0 amide bonds. The minimum atomic E-state index is 0.206. The van der Waals surface area contributed by atoms with E-state index in [0.29, 0.717) is 31.2 Å². The van der Waals surface area contributed by atoms with Crippen molar-refractivity contribution >= 4 is 11.0 Å². The Labute approximate surface area is 227 Å². The van der Waals surface area contributed by atoms with Gasteiger partial charge in [-0.2, -0.15) is 5.26 Å². The highest BCUT2D eigenvalue weighted by atomic mass is 16.5. The highest BCUT2D eigenvalue weighted by Crippen LogP contribution is 2.46. The van der Waals surface area contributed by atoms with Gasteiger partial charge in [0.05, 0.1) is 22.9 Å². The van der Waals surface area contributed by atoms with Crippen LogP contribution in [0.5, 0.6) is 5.75 Å². The van der Waals surface area contributed by atoms with Crippen molar-refractivity contribution in [3.05, 3.63) is 59.3 Å². The number of ether oxygens (including phenoxy) is 1. The summed E-state index contributed by atoms with van der Waals surface area (Å²) in [6.07, 6.45) is 12.0. The maximum absolute atomic E-state index is 9.64. The van der Waals surface area contributed by atoms with E-state index in [2.05, 4.69) is 33.7 Å². The van der Waals surface area contributed by atoms with Crippen molar-refractivity contribution in [2.75, 3.05) is 46.9 Å². The Morgan fingerprint density at radius 3 is 2.71 bits per heavy atom. The molecule has 2 fully saturated rings. The molecule has 2 heterocycles. The highest BCUT2D eigenvalue weighted by molar-refractivity contribution is 5.84. The van der Waals surface area contributed by atoms with Crippen LogP contribution in [0.25, 0.3) is 11.0 Å². The number of aliphatic hydroxyl groups is 1. The number of allylic oxidation sites excluding steroid dienone is 4. The topological polar surface area (TPSA) is 85.8 Å². The van der Waals surface area contributed by atoms with Crippen molar-refractivity contribution in [1.82, 2.24) is 15.0 Å². The fourth-order valence-electron chi connectivity index (χ4n) is 5.29. The first-order chi connectivity index (χ1) is 18.4. The third kappa shape index (κ3) is 7.13. The van der Waals surface area contributed by atoms with E-state index >= 15 is 0 Å². The van der Waals surface area contributed by atoms with Crippen molar-refractivity contribution in [2.24, 2.45) is 11.3 Å². The van der Waals surface area contributed by atoms with Crippen molar-refractivity contribution < 1.29 is 14.4 Å². The number of benzene rings is 1. The molecule has 0 spiro atoms. The van der Waals surface area contributed by atoms with Gasteiger partial charge in [-0.3, -0.25) is 0 Å². The van der Waals surface area contributed by atoms with E-state index in [0.717, 1.165) is 66.0 Å². The largest absolute Gasteiger partial charge is 0.489 e. The van der Waals surface area contributed by atoms with Gasteiger partial charge in [-0.1, -0.05) is 23.9 Å². The van der Waals surface area contributed by atoms with Crippen molar-refractivity contribution in [1.29, 1.82) is 5.26 Å². The summed E-state index contributed by atoms with van der Waals surface area (Å²) in [7, 11) is 4.07. The van der Waals surface area contributed by atoms with Crippen LogP contribution in [0.3, 0.4) is 0 Å². The van der Waals surface area contributed by atoms with Crippen LogP contribution in [0.4, 0.5) is 0 Å². The van der Waals surface area contributed by atoms with Gasteiger partial charge in [0.15, 0.2) is 5.58 Å². The monoisotopic (exact) mass is 518 g/mol. The van der Waals surface area contributed by atoms with E-state index in [1.807, 2.05) is 33.2 Å². The van der Waals surface area contributed by atoms with Crippen LogP contribution >= 0.6 is 0 Å². The summed E-state index contributed by atoms with van der Waals surface area (Å²) in [4.78, 5) is 4.66. The summed E-state index contributed by atoms with van der Waals surface area (Å²) in [5.41, 5.74) is 4.57. The van der Waals surface area contributed by atoms with Gasteiger partial charge in [0.1, 0.15) is 12.4 Å². The van der Waals surface area contributed by atoms with Crippen LogP contribution in [0.15, 0.2) is 52.6 Å². The normalized spacial score (nSPS) is 18.6. The van der Waals surface area contributed by atoms with E-state index in [1.54, 1.807) is 12.2 Å². The molecule has 1 aliphatic heterocycles. The summed E-state index contributed by atoms with van der Waals surface area (Å²) < 4.78 is 12.1. The number of hydrogen-bond donors (Lipinski definition) is 1. The summed E-state index contributed by atoms with van der Waals surface area (Å²) in [6, 6.07) is 6.21. The Balaban J connectivity index is 1.39. The lowest BCUT2D eigenvalue weighted by Gasteiger charge is -2.34. The van der Waals surface area contributed by atoms with E-state index in [4.69, 9.17) is 14.5 Å². The van der Waals surface area contributed by atoms with Gasteiger partial charge in [-0.15, -0.1) is 0 Å². The molecule has 7 nitrogen and oxygen atoms in total. The Hall–Kier alpha value is -2.92. The Kier molecular flexibility index (Phi) is 9.43. The lowest BCUT2D eigenvalue weighted by Crippen LogP contribution is -2.38. The molecule has 0 unspecified atom stereocenters. The van der Waals surface area contributed by atoms with Gasteiger partial charge < -0.3 is 24.2 Å². The Bertz CT molecular complexity index is 1210. The molecule has 38 heavy (non-hydrogen) atoms. The van der Waals surface area contributed by atoms with Crippen molar-refractivity contribution in [3.63, 3.8) is 0 Å². The first-order valence-corrected chi connectivity index (χ1v) is 13.8. The molecule has 7 heteroatoms. The molecular formula is C31H42N4O3. The zero-order chi connectivity index (χ0) is 27.1.